The summed E-state index contributed by atoms with van der Waals surface area (Å²) in [6.45, 7) is 4.08. The molecule has 2 heterocycles. The number of carbonyl (C=O) groups is 2. The summed E-state index contributed by atoms with van der Waals surface area (Å²) in [6.07, 6.45) is 1.38. The van der Waals surface area contributed by atoms with Crippen LogP contribution in [0.25, 0.3) is 10.8 Å². The maximum Gasteiger partial charge on any atom is 0.264 e. The third kappa shape index (κ3) is 3.23. The first-order chi connectivity index (χ1) is 16.9. The number of fused-ring (bicyclic) bond motifs is 1. The SMILES string of the molecule is CNC(=O)CC1(O)C(=O)N(C2CCN(C3c4cccc5cccc(c45)[C@@H]3C)CC2)c2ccccc21. The van der Waals surface area contributed by atoms with Gasteiger partial charge in [-0.3, -0.25) is 14.5 Å². The van der Waals surface area contributed by atoms with E-state index in [2.05, 4.69) is 53.5 Å². The Morgan fingerprint density at radius 2 is 1.71 bits per heavy atom. The van der Waals surface area contributed by atoms with Crippen molar-refractivity contribution in [2.45, 2.75) is 49.8 Å². The van der Waals surface area contributed by atoms with Gasteiger partial charge >= 0.3 is 0 Å². The normalized spacial score (nSPS) is 26.4. The number of nitrogens with one attached hydrogen (secondary N) is 1. The van der Waals surface area contributed by atoms with Crippen LogP contribution < -0.4 is 10.2 Å². The van der Waals surface area contributed by atoms with Crippen molar-refractivity contribution in [3.05, 3.63) is 77.4 Å². The second-order valence-electron chi connectivity index (χ2n) is 10.2. The molecule has 3 aliphatic rings. The number of para-hydroxylation sites is 1. The minimum absolute atomic E-state index is 0.00603. The van der Waals surface area contributed by atoms with Crippen molar-refractivity contribution in [2.24, 2.45) is 0 Å². The molecular weight excluding hydrogens is 438 g/mol. The Hall–Kier alpha value is -3.22. The number of hydrogen-bond donors (Lipinski definition) is 2. The van der Waals surface area contributed by atoms with Crippen molar-refractivity contribution in [1.82, 2.24) is 10.2 Å². The summed E-state index contributed by atoms with van der Waals surface area (Å²) in [4.78, 5) is 30.1. The number of rotatable bonds is 4. The molecule has 0 aromatic heterocycles. The van der Waals surface area contributed by atoms with Gasteiger partial charge in [0.05, 0.1) is 12.1 Å². The van der Waals surface area contributed by atoms with E-state index in [1.165, 1.54) is 28.9 Å². The van der Waals surface area contributed by atoms with E-state index < -0.39 is 5.60 Å². The highest BCUT2D eigenvalue weighted by Crippen LogP contribution is 2.50. The molecular formula is C29H31N3O3. The van der Waals surface area contributed by atoms with E-state index in [0.29, 0.717) is 17.5 Å². The molecule has 2 N–H and O–H groups in total. The van der Waals surface area contributed by atoms with Crippen LogP contribution in [0.1, 0.15) is 54.8 Å². The molecule has 3 aromatic carbocycles. The monoisotopic (exact) mass is 469 g/mol. The van der Waals surface area contributed by atoms with Crippen molar-refractivity contribution in [3.8, 4) is 0 Å². The summed E-state index contributed by atoms with van der Waals surface area (Å²) in [5.41, 5.74) is 2.28. The van der Waals surface area contributed by atoms with Crippen LogP contribution in [-0.2, 0) is 15.2 Å². The van der Waals surface area contributed by atoms with Gasteiger partial charge in [0.15, 0.2) is 5.60 Å². The Kier molecular flexibility index (Phi) is 5.20. The zero-order valence-corrected chi connectivity index (χ0v) is 20.2. The first-order valence-electron chi connectivity index (χ1n) is 12.6. The number of amides is 2. The first kappa shape index (κ1) is 22.3. The smallest absolute Gasteiger partial charge is 0.264 e. The van der Waals surface area contributed by atoms with E-state index in [1.807, 2.05) is 18.2 Å². The van der Waals surface area contributed by atoms with Crippen LogP contribution in [0.2, 0.25) is 0 Å². The second kappa shape index (κ2) is 8.18. The van der Waals surface area contributed by atoms with Crippen LogP contribution in [0.4, 0.5) is 5.69 Å². The van der Waals surface area contributed by atoms with E-state index >= 15 is 0 Å². The molecule has 0 bridgehead atoms. The quantitative estimate of drug-likeness (QED) is 0.609. The molecule has 2 amide bonds. The number of nitrogens with zero attached hydrogens (tertiary/aromatic N) is 2. The first-order valence-corrected chi connectivity index (χ1v) is 12.6. The third-order valence-electron chi connectivity index (χ3n) is 8.39. The van der Waals surface area contributed by atoms with Crippen LogP contribution in [0.3, 0.4) is 0 Å². The summed E-state index contributed by atoms with van der Waals surface area (Å²) < 4.78 is 0. The lowest BCUT2D eigenvalue weighted by Gasteiger charge is -2.41. The Balaban J connectivity index is 1.25. The maximum absolute atomic E-state index is 13.6. The fourth-order valence-corrected chi connectivity index (χ4v) is 6.71. The molecule has 1 fully saturated rings. The van der Waals surface area contributed by atoms with Gasteiger partial charge in [0.2, 0.25) is 5.91 Å². The predicted octanol–water partition coefficient (Wildman–Crippen LogP) is 3.83. The Labute approximate surface area is 205 Å². The molecule has 1 aliphatic carbocycles. The third-order valence-corrected chi connectivity index (χ3v) is 8.39. The Morgan fingerprint density at radius 1 is 1.03 bits per heavy atom. The minimum atomic E-state index is -1.81. The van der Waals surface area contributed by atoms with Gasteiger partial charge < -0.3 is 15.3 Å². The van der Waals surface area contributed by atoms with E-state index in [4.69, 9.17) is 0 Å². The van der Waals surface area contributed by atoms with Gasteiger partial charge in [0.25, 0.3) is 5.91 Å². The molecule has 0 saturated carbocycles. The lowest BCUT2D eigenvalue weighted by atomic mass is 9.91. The fourth-order valence-electron chi connectivity index (χ4n) is 6.71. The molecule has 1 saturated heterocycles. The van der Waals surface area contributed by atoms with Gasteiger partial charge in [0.1, 0.15) is 0 Å². The van der Waals surface area contributed by atoms with Gasteiger partial charge in [-0.1, -0.05) is 61.5 Å². The zero-order valence-electron chi connectivity index (χ0n) is 20.2. The van der Waals surface area contributed by atoms with Crippen molar-refractivity contribution in [1.29, 1.82) is 0 Å². The van der Waals surface area contributed by atoms with Crippen LogP contribution in [0.5, 0.6) is 0 Å². The van der Waals surface area contributed by atoms with Crippen molar-refractivity contribution < 1.29 is 14.7 Å². The lowest BCUT2D eigenvalue weighted by Crippen LogP contribution is -2.51. The lowest BCUT2D eigenvalue weighted by molar-refractivity contribution is -0.143. The van der Waals surface area contributed by atoms with E-state index in [1.54, 1.807) is 11.0 Å². The van der Waals surface area contributed by atoms with Gasteiger partial charge in [-0.25, -0.2) is 0 Å². The average molecular weight is 470 g/mol. The molecule has 6 nitrogen and oxygen atoms in total. The van der Waals surface area contributed by atoms with Crippen LogP contribution >= 0.6 is 0 Å². The predicted molar refractivity (Wildman–Crippen MR) is 136 cm³/mol. The van der Waals surface area contributed by atoms with Gasteiger partial charge in [-0.15, -0.1) is 0 Å². The van der Waals surface area contributed by atoms with Crippen molar-refractivity contribution in [2.75, 3.05) is 25.0 Å². The van der Waals surface area contributed by atoms with Gasteiger partial charge in [-0.05, 0) is 40.8 Å². The fraction of sp³-hybridized carbons (Fsp3) is 0.379. The van der Waals surface area contributed by atoms with Crippen LogP contribution in [0, 0.1) is 0 Å². The van der Waals surface area contributed by atoms with Crippen LogP contribution in [-0.4, -0.2) is 48.0 Å². The highest BCUT2D eigenvalue weighted by molar-refractivity contribution is 6.09. The molecule has 0 spiro atoms. The highest BCUT2D eigenvalue weighted by atomic mass is 16.3. The Morgan fingerprint density at radius 3 is 2.43 bits per heavy atom. The van der Waals surface area contributed by atoms with Gasteiger partial charge in [-0.2, -0.15) is 0 Å². The number of hydrogen-bond acceptors (Lipinski definition) is 4. The topological polar surface area (TPSA) is 72.9 Å². The summed E-state index contributed by atoms with van der Waals surface area (Å²) >= 11 is 0. The maximum atomic E-state index is 13.6. The molecule has 2 unspecified atom stereocenters. The summed E-state index contributed by atoms with van der Waals surface area (Å²) in [5, 5.41) is 16.6. The van der Waals surface area contributed by atoms with E-state index in [0.717, 1.165) is 31.6 Å². The zero-order chi connectivity index (χ0) is 24.3. The summed E-state index contributed by atoms with van der Waals surface area (Å²) in [7, 11) is 1.52. The molecule has 3 atom stereocenters. The van der Waals surface area contributed by atoms with E-state index in [-0.39, 0.29) is 24.3 Å². The molecule has 35 heavy (non-hydrogen) atoms. The Bertz CT molecular complexity index is 1320. The van der Waals surface area contributed by atoms with E-state index in [9.17, 15) is 14.7 Å². The molecule has 6 rings (SSSR count). The number of piperidine rings is 1. The average Bonchev–Trinajstić information content (AvgIpc) is 3.29. The number of benzene rings is 3. The second-order valence-corrected chi connectivity index (χ2v) is 10.2. The summed E-state index contributed by atoms with van der Waals surface area (Å²) in [5.74, 6) is -0.317. The van der Waals surface area contributed by atoms with Crippen LogP contribution in [0.15, 0.2) is 60.7 Å². The summed E-state index contributed by atoms with van der Waals surface area (Å²) in [6, 6.07) is 20.9. The standard InChI is InChI=1S/C29H31N3O3/c1-18-21-9-5-7-19-8-6-10-22(26(19)21)27(18)31-15-13-20(14-16-31)32-24-12-4-3-11-23(24)29(35,28(32)34)17-25(33)30-2/h3-12,18,20,27,35H,13-17H2,1-2H3,(H,30,33)/t18-,27?,29?/m0/s1. The number of aliphatic hydroxyl groups is 1. The highest BCUT2D eigenvalue weighted by Gasteiger charge is 2.53. The van der Waals surface area contributed by atoms with Gasteiger partial charge in [0, 0.05) is 43.7 Å². The molecule has 2 aliphatic heterocycles. The largest absolute Gasteiger partial charge is 0.375 e. The number of carbonyl (C=O) groups excluding carboxylic acids is 2. The molecule has 180 valence electrons. The minimum Gasteiger partial charge on any atom is -0.375 e. The molecule has 6 heteroatoms. The molecule has 3 aromatic rings. The van der Waals surface area contributed by atoms with Crippen molar-refractivity contribution >= 4 is 28.3 Å². The molecule has 0 radical (unpaired) electrons. The number of anilines is 1. The van der Waals surface area contributed by atoms with Crippen molar-refractivity contribution in [3.63, 3.8) is 0 Å². The number of likely N-dealkylation sites (tertiary alicyclic amines) is 1.